The van der Waals surface area contributed by atoms with Crippen molar-refractivity contribution in [2.24, 2.45) is 0 Å². The zero-order chi connectivity index (χ0) is 44.4. The van der Waals surface area contributed by atoms with Crippen molar-refractivity contribution < 1.29 is 28.6 Å². The number of allylic oxidation sites excluding steroid dienone is 22. The van der Waals surface area contributed by atoms with Gasteiger partial charge < -0.3 is 14.2 Å². The molecule has 340 valence electrons. The highest BCUT2D eigenvalue weighted by atomic mass is 16.6. The number of esters is 3. The normalized spacial score (nSPS) is 13.3. The number of hydrogen-bond acceptors (Lipinski definition) is 6. The minimum absolute atomic E-state index is 0.123. The van der Waals surface area contributed by atoms with Crippen LogP contribution in [0.5, 0.6) is 0 Å². The van der Waals surface area contributed by atoms with E-state index < -0.39 is 12.1 Å². The van der Waals surface area contributed by atoms with Crippen LogP contribution in [0.2, 0.25) is 0 Å². The maximum absolute atomic E-state index is 12.6. The van der Waals surface area contributed by atoms with Crippen molar-refractivity contribution in [1.82, 2.24) is 0 Å². The number of ether oxygens (including phenoxy) is 3. The number of hydrogen-bond donors (Lipinski definition) is 0. The molecule has 0 fully saturated rings. The molecule has 0 radical (unpaired) electrons. The SMILES string of the molecule is CC/C=C\C/C=C\C/C=C\C/C=C\C/C=C\C/C=C\C/C=C\CCCCCC(=O)OCC(COC(=O)CCCCCCC)OC(=O)CC/C=C\C/C=C\C/C=C\C/C=C\CC. The van der Waals surface area contributed by atoms with Crippen LogP contribution in [-0.2, 0) is 28.6 Å². The van der Waals surface area contributed by atoms with Gasteiger partial charge in [-0.3, -0.25) is 14.4 Å². The Labute approximate surface area is 373 Å². The first-order valence-corrected chi connectivity index (χ1v) is 23.7. The van der Waals surface area contributed by atoms with Crippen molar-refractivity contribution in [2.75, 3.05) is 13.2 Å². The van der Waals surface area contributed by atoms with E-state index in [1.807, 2.05) is 12.2 Å². The van der Waals surface area contributed by atoms with Gasteiger partial charge in [-0.25, -0.2) is 0 Å². The van der Waals surface area contributed by atoms with Crippen LogP contribution >= 0.6 is 0 Å². The second-order valence-electron chi connectivity index (χ2n) is 14.9. The Kier molecular flexibility index (Phi) is 44.7. The van der Waals surface area contributed by atoms with Gasteiger partial charge in [0.2, 0.25) is 0 Å². The second-order valence-corrected chi connectivity index (χ2v) is 14.9. The molecule has 0 aliphatic heterocycles. The lowest BCUT2D eigenvalue weighted by molar-refractivity contribution is -0.166. The monoisotopic (exact) mass is 841 g/mol. The number of carbonyl (C=O) groups is 3. The molecule has 0 aromatic rings. The number of carbonyl (C=O) groups excluding carboxylic acids is 3. The van der Waals surface area contributed by atoms with Gasteiger partial charge in [0.25, 0.3) is 0 Å². The summed E-state index contributed by atoms with van der Waals surface area (Å²) in [5.74, 6) is -1.07. The fourth-order valence-corrected chi connectivity index (χ4v) is 5.67. The van der Waals surface area contributed by atoms with Crippen molar-refractivity contribution in [1.29, 1.82) is 0 Å². The summed E-state index contributed by atoms with van der Waals surface area (Å²) in [6.07, 6.45) is 67.7. The zero-order valence-corrected chi connectivity index (χ0v) is 38.6. The van der Waals surface area contributed by atoms with E-state index in [-0.39, 0.29) is 31.6 Å². The van der Waals surface area contributed by atoms with Crippen molar-refractivity contribution in [3.8, 4) is 0 Å². The Morgan fingerprint density at radius 2 is 0.672 bits per heavy atom. The maximum atomic E-state index is 12.6. The van der Waals surface area contributed by atoms with Crippen LogP contribution in [0, 0.1) is 0 Å². The average Bonchev–Trinajstić information content (AvgIpc) is 3.26. The summed E-state index contributed by atoms with van der Waals surface area (Å²) in [5.41, 5.74) is 0. The van der Waals surface area contributed by atoms with E-state index in [9.17, 15) is 14.4 Å². The third-order valence-corrected chi connectivity index (χ3v) is 9.16. The predicted molar refractivity (Wildman–Crippen MR) is 260 cm³/mol. The molecule has 0 bridgehead atoms. The molecule has 0 rings (SSSR count). The molecule has 1 unspecified atom stereocenters. The first-order valence-electron chi connectivity index (χ1n) is 23.7. The zero-order valence-electron chi connectivity index (χ0n) is 38.6. The highest BCUT2D eigenvalue weighted by Crippen LogP contribution is 2.10. The average molecular weight is 841 g/mol. The summed E-state index contributed by atoms with van der Waals surface area (Å²) in [5, 5.41) is 0. The van der Waals surface area contributed by atoms with Crippen LogP contribution in [0.4, 0.5) is 0 Å². The topological polar surface area (TPSA) is 78.9 Å². The molecule has 61 heavy (non-hydrogen) atoms. The van der Waals surface area contributed by atoms with Crippen LogP contribution in [0.25, 0.3) is 0 Å². The Morgan fingerprint density at radius 3 is 1.05 bits per heavy atom. The molecule has 0 aromatic heterocycles. The smallest absolute Gasteiger partial charge is 0.306 e. The predicted octanol–water partition coefficient (Wildman–Crippen LogP) is 15.5. The second kappa shape index (κ2) is 48.2. The maximum Gasteiger partial charge on any atom is 0.306 e. The number of rotatable bonds is 40. The lowest BCUT2D eigenvalue weighted by Crippen LogP contribution is -2.30. The van der Waals surface area contributed by atoms with E-state index in [0.717, 1.165) is 128 Å². The van der Waals surface area contributed by atoms with Crippen molar-refractivity contribution >= 4 is 17.9 Å². The highest BCUT2D eigenvalue weighted by molar-refractivity contribution is 5.71. The van der Waals surface area contributed by atoms with Gasteiger partial charge in [-0.15, -0.1) is 0 Å². The van der Waals surface area contributed by atoms with E-state index in [1.54, 1.807) is 0 Å². The molecule has 0 aromatic carbocycles. The molecule has 0 saturated heterocycles. The summed E-state index contributed by atoms with van der Waals surface area (Å²) in [4.78, 5) is 37.5. The molecule has 0 aliphatic rings. The summed E-state index contributed by atoms with van der Waals surface area (Å²) < 4.78 is 16.5. The van der Waals surface area contributed by atoms with Gasteiger partial charge in [0, 0.05) is 19.3 Å². The quantitative estimate of drug-likeness (QED) is 0.0265. The van der Waals surface area contributed by atoms with Crippen molar-refractivity contribution in [3.63, 3.8) is 0 Å². The summed E-state index contributed by atoms with van der Waals surface area (Å²) in [6.45, 7) is 6.19. The highest BCUT2D eigenvalue weighted by Gasteiger charge is 2.19. The van der Waals surface area contributed by atoms with Gasteiger partial charge in [0.05, 0.1) is 0 Å². The molecular weight excluding hydrogens is 757 g/mol. The van der Waals surface area contributed by atoms with Crippen LogP contribution in [0.3, 0.4) is 0 Å². The van der Waals surface area contributed by atoms with Crippen molar-refractivity contribution in [2.45, 2.75) is 181 Å². The molecule has 1 atom stereocenters. The number of unbranched alkanes of at least 4 members (excludes halogenated alkanes) is 7. The van der Waals surface area contributed by atoms with Crippen LogP contribution in [-0.4, -0.2) is 37.2 Å². The summed E-state index contributed by atoms with van der Waals surface area (Å²) in [6, 6.07) is 0. The molecule has 6 heteroatoms. The molecule has 0 saturated carbocycles. The Bertz CT molecular complexity index is 1380. The fourth-order valence-electron chi connectivity index (χ4n) is 5.67. The van der Waals surface area contributed by atoms with Gasteiger partial charge in [0.1, 0.15) is 13.2 Å². The third kappa shape index (κ3) is 46.5. The first kappa shape index (κ1) is 56.5. The largest absolute Gasteiger partial charge is 0.462 e. The minimum atomic E-state index is -0.829. The molecular formula is C55H84O6. The molecule has 0 aliphatic carbocycles. The molecule has 0 amide bonds. The van der Waals surface area contributed by atoms with E-state index in [2.05, 4.69) is 142 Å². The lowest BCUT2D eigenvalue weighted by atomic mass is 10.1. The molecule has 0 N–H and O–H groups in total. The van der Waals surface area contributed by atoms with E-state index in [4.69, 9.17) is 14.2 Å². The van der Waals surface area contributed by atoms with Gasteiger partial charge in [-0.1, -0.05) is 187 Å². The van der Waals surface area contributed by atoms with Gasteiger partial charge in [-0.05, 0) is 103 Å². The molecule has 0 heterocycles. The van der Waals surface area contributed by atoms with Crippen molar-refractivity contribution in [3.05, 3.63) is 134 Å². The van der Waals surface area contributed by atoms with Crippen LogP contribution in [0.1, 0.15) is 175 Å². The molecule has 0 spiro atoms. The summed E-state index contributed by atoms with van der Waals surface area (Å²) >= 11 is 0. The Morgan fingerprint density at radius 1 is 0.344 bits per heavy atom. The summed E-state index contributed by atoms with van der Waals surface area (Å²) in [7, 11) is 0. The molecule has 6 nitrogen and oxygen atoms in total. The minimum Gasteiger partial charge on any atom is -0.462 e. The third-order valence-electron chi connectivity index (χ3n) is 9.16. The van der Waals surface area contributed by atoms with Gasteiger partial charge in [0.15, 0.2) is 6.10 Å². The van der Waals surface area contributed by atoms with Crippen LogP contribution < -0.4 is 0 Å². The first-order chi connectivity index (χ1) is 30.0. The van der Waals surface area contributed by atoms with Gasteiger partial charge in [-0.2, -0.15) is 0 Å². The van der Waals surface area contributed by atoms with E-state index in [0.29, 0.717) is 19.3 Å². The Hall–Kier alpha value is -4.45. The van der Waals surface area contributed by atoms with E-state index in [1.165, 1.54) is 0 Å². The fraction of sp³-hybridized carbons (Fsp3) is 0.545. The standard InChI is InChI=1S/C55H84O6/c1-4-7-10-13-15-17-19-21-22-23-24-25-26-27-28-29-30-31-32-34-35-37-39-42-45-48-54(57)60-51-52(50-59-53(56)47-44-41-12-9-6-3)61-55(58)49-46-43-40-38-36-33-20-18-16-14-11-8-5-2/h7-8,10-11,15-18,21-22,24-25,27-28,30-31,33-36,40,43,52H,4-6,9,12-14,19-20,23,26,29,32,37-39,41-42,44-51H2,1-3H3/b10-7-,11-8-,17-15-,18-16-,22-21-,25-24-,28-27-,31-30-,35-34-,36-33-,43-40-. The van der Waals surface area contributed by atoms with E-state index >= 15 is 0 Å². The lowest BCUT2D eigenvalue weighted by Gasteiger charge is -2.18. The van der Waals surface area contributed by atoms with Gasteiger partial charge >= 0.3 is 17.9 Å². The Balaban J connectivity index is 4.33. The van der Waals surface area contributed by atoms with Crippen LogP contribution in [0.15, 0.2) is 134 Å².